The first-order chi connectivity index (χ1) is 24.6. The predicted molar refractivity (Wildman–Crippen MR) is 214 cm³/mol. The molecule has 0 aliphatic rings. The van der Waals surface area contributed by atoms with E-state index in [2.05, 4.69) is 135 Å². The van der Waals surface area contributed by atoms with Gasteiger partial charge < -0.3 is 14.6 Å². The largest absolute Gasteiger partial charge is 0.462 e. The molecule has 0 aliphatic heterocycles. The summed E-state index contributed by atoms with van der Waals surface area (Å²) in [7, 11) is 0. The lowest BCUT2D eigenvalue weighted by molar-refractivity contribution is -0.161. The molecule has 5 nitrogen and oxygen atoms in total. The van der Waals surface area contributed by atoms with Gasteiger partial charge >= 0.3 is 11.9 Å². The Kier molecular flexibility index (Phi) is 36.4. The van der Waals surface area contributed by atoms with Crippen LogP contribution in [-0.2, 0) is 19.1 Å². The number of unbranched alkanes of at least 4 members (excludes halogenated alkanes) is 1. The second kappa shape index (κ2) is 39.5. The van der Waals surface area contributed by atoms with Crippen LogP contribution in [0.25, 0.3) is 0 Å². The highest BCUT2D eigenvalue weighted by atomic mass is 16.6. The Morgan fingerprint density at radius 3 is 1.16 bits per heavy atom. The molecule has 0 saturated carbocycles. The normalized spacial score (nSPS) is 13.7. The summed E-state index contributed by atoms with van der Waals surface area (Å²) in [6.07, 6.45) is 59.5. The summed E-state index contributed by atoms with van der Waals surface area (Å²) in [5.74, 6) is -0.775. The van der Waals surface area contributed by atoms with Gasteiger partial charge in [0.25, 0.3) is 0 Å². The predicted octanol–water partition coefficient (Wildman–Crippen LogP) is 11.8. The Bertz CT molecular complexity index is 1140. The van der Waals surface area contributed by atoms with Crippen molar-refractivity contribution >= 4 is 11.9 Å². The van der Waals surface area contributed by atoms with E-state index >= 15 is 0 Å². The van der Waals surface area contributed by atoms with E-state index in [1.807, 2.05) is 12.2 Å². The number of allylic oxidation sites excluding steroid dienone is 22. The fraction of sp³-hybridized carbons (Fsp3) is 0.467. The Hall–Kier alpha value is -3.96. The first-order valence-electron chi connectivity index (χ1n) is 18.7. The van der Waals surface area contributed by atoms with E-state index in [-0.39, 0.29) is 32.0 Å². The quantitative estimate of drug-likeness (QED) is 0.0446. The summed E-state index contributed by atoms with van der Waals surface area (Å²) in [5, 5.41) is 9.53. The second-order valence-corrected chi connectivity index (χ2v) is 11.5. The molecule has 0 aromatic rings. The number of carbonyl (C=O) groups is 2. The molecule has 0 aliphatic carbocycles. The van der Waals surface area contributed by atoms with E-state index in [1.165, 1.54) is 0 Å². The van der Waals surface area contributed by atoms with Crippen molar-refractivity contribution in [2.24, 2.45) is 0 Å². The van der Waals surface area contributed by atoms with Crippen molar-refractivity contribution in [1.82, 2.24) is 0 Å². The molecule has 0 aromatic heterocycles. The zero-order valence-corrected chi connectivity index (χ0v) is 31.1. The third kappa shape index (κ3) is 36.9. The Morgan fingerprint density at radius 1 is 0.460 bits per heavy atom. The number of hydrogen-bond acceptors (Lipinski definition) is 5. The van der Waals surface area contributed by atoms with Gasteiger partial charge in [-0.2, -0.15) is 0 Å². The van der Waals surface area contributed by atoms with Crippen molar-refractivity contribution in [1.29, 1.82) is 0 Å². The molecule has 0 saturated heterocycles. The van der Waals surface area contributed by atoms with Crippen LogP contribution in [0.2, 0.25) is 0 Å². The lowest BCUT2D eigenvalue weighted by Crippen LogP contribution is -2.28. The van der Waals surface area contributed by atoms with Gasteiger partial charge in [0, 0.05) is 12.8 Å². The van der Waals surface area contributed by atoms with Gasteiger partial charge in [0.1, 0.15) is 6.61 Å². The van der Waals surface area contributed by atoms with Crippen LogP contribution < -0.4 is 0 Å². The first-order valence-corrected chi connectivity index (χ1v) is 18.7. The number of aliphatic hydroxyl groups excluding tert-OH is 1. The highest BCUT2D eigenvalue weighted by molar-refractivity contribution is 5.70. The number of hydrogen-bond donors (Lipinski definition) is 1. The van der Waals surface area contributed by atoms with Crippen LogP contribution >= 0.6 is 0 Å². The summed E-state index contributed by atoms with van der Waals surface area (Å²) in [4.78, 5) is 24.2. The highest BCUT2D eigenvalue weighted by Gasteiger charge is 2.15. The molecular weight excluding hydrogens is 620 g/mol. The van der Waals surface area contributed by atoms with E-state index in [4.69, 9.17) is 9.47 Å². The van der Waals surface area contributed by atoms with Crippen molar-refractivity contribution in [2.75, 3.05) is 13.2 Å². The highest BCUT2D eigenvalue weighted by Crippen LogP contribution is 2.05. The molecule has 1 N–H and O–H groups in total. The number of carbonyl (C=O) groups excluding carboxylic acids is 2. The minimum atomic E-state index is -0.845. The van der Waals surface area contributed by atoms with Gasteiger partial charge in [0.15, 0.2) is 6.10 Å². The van der Waals surface area contributed by atoms with Crippen LogP contribution in [-0.4, -0.2) is 36.4 Å². The van der Waals surface area contributed by atoms with Gasteiger partial charge in [0.05, 0.1) is 6.61 Å². The summed E-state index contributed by atoms with van der Waals surface area (Å²) < 4.78 is 10.5. The SMILES string of the molecule is CC/C=C/C/C=C/C/C=C/C/C=C/C/C=C/C/C=C/CCC(=O)O[C@@H](CO)COC(=O)CCC/C=C/C/C=C/C/C=C/C/C=C/C/C=C/CC. The Morgan fingerprint density at radius 2 is 0.800 bits per heavy atom. The maximum absolute atomic E-state index is 12.1. The van der Waals surface area contributed by atoms with Gasteiger partial charge in [-0.15, -0.1) is 0 Å². The molecule has 5 heteroatoms. The Balaban J connectivity index is 3.86. The lowest BCUT2D eigenvalue weighted by Gasteiger charge is -2.15. The first kappa shape index (κ1) is 46.0. The van der Waals surface area contributed by atoms with E-state index < -0.39 is 12.1 Å². The molecule has 50 heavy (non-hydrogen) atoms. The average Bonchev–Trinajstić information content (AvgIpc) is 3.12. The van der Waals surface area contributed by atoms with Gasteiger partial charge in [-0.3, -0.25) is 9.59 Å². The summed E-state index contributed by atoms with van der Waals surface area (Å²) in [5.41, 5.74) is 0. The summed E-state index contributed by atoms with van der Waals surface area (Å²) in [6, 6.07) is 0. The molecule has 1 atom stereocenters. The number of aliphatic hydroxyl groups is 1. The molecular formula is C45H66O5. The zero-order chi connectivity index (χ0) is 36.4. The maximum atomic E-state index is 12.1. The second-order valence-electron chi connectivity index (χ2n) is 11.5. The van der Waals surface area contributed by atoms with Gasteiger partial charge in [0.2, 0.25) is 0 Å². The van der Waals surface area contributed by atoms with Crippen molar-refractivity contribution < 1.29 is 24.2 Å². The third-order valence-corrected chi connectivity index (χ3v) is 6.95. The van der Waals surface area contributed by atoms with Crippen molar-refractivity contribution in [3.63, 3.8) is 0 Å². The summed E-state index contributed by atoms with van der Waals surface area (Å²) >= 11 is 0. The molecule has 0 spiro atoms. The molecule has 0 radical (unpaired) electrons. The molecule has 0 amide bonds. The smallest absolute Gasteiger partial charge is 0.306 e. The van der Waals surface area contributed by atoms with Crippen LogP contribution in [0.3, 0.4) is 0 Å². The fourth-order valence-corrected chi connectivity index (χ4v) is 4.20. The minimum Gasteiger partial charge on any atom is -0.462 e. The molecule has 0 fully saturated rings. The topological polar surface area (TPSA) is 72.8 Å². The fourth-order valence-electron chi connectivity index (χ4n) is 4.20. The molecule has 0 aromatic carbocycles. The van der Waals surface area contributed by atoms with Crippen molar-refractivity contribution in [3.8, 4) is 0 Å². The van der Waals surface area contributed by atoms with Gasteiger partial charge in [-0.25, -0.2) is 0 Å². The minimum absolute atomic E-state index is 0.136. The van der Waals surface area contributed by atoms with E-state index in [9.17, 15) is 14.7 Å². The van der Waals surface area contributed by atoms with Crippen LogP contribution in [0.5, 0.6) is 0 Å². The number of esters is 2. The lowest BCUT2D eigenvalue weighted by atomic mass is 10.2. The van der Waals surface area contributed by atoms with E-state index in [0.717, 1.165) is 77.0 Å². The standard InChI is InChI=1S/C45H66O5/c1-3-5-7-9-11-13-15-17-19-21-22-24-26-28-30-32-34-36-38-40-45(48)50-43(41-46)42-49-44(47)39-37-35-33-31-29-27-25-23-20-18-16-14-12-10-8-6-4-2/h5-8,11-14,17-20,22,24-25,27-28,30-31,33-34,36,43,46H,3-4,9-10,15-16,21,23,26,29,32,35,37-42H2,1-2H3/b7-5+,8-6+,13-11+,14-12+,19-17+,20-18+,24-22+,27-25+,30-28+,33-31+,36-34+/t43-/m0/s1. The molecule has 0 bridgehead atoms. The van der Waals surface area contributed by atoms with Gasteiger partial charge in [-0.05, 0) is 89.9 Å². The third-order valence-electron chi connectivity index (χ3n) is 6.95. The van der Waals surface area contributed by atoms with E-state index in [0.29, 0.717) is 12.8 Å². The van der Waals surface area contributed by atoms with E-state index in [1.54, 1.807) is 0 Å². The Labute approximate surface area is 305 Å². The molecule has 276 valence electrons. The van der Waals surface area contributed by atoms with Crippen LogP contribution in [0.15, 0.2) is 134 Å². The van der Waals surface area contributed by atoms with Gasteiger partial charge in [-0.1, -0.05) is 148 Å². The van der Waals surface area contributed by atoms with Crippen LogP contribution in [0.1, 0.15) is 117 Å². The monoisotopic (exact) mass is 686 g/mol. The zero-order valence-electron chi connectivity index (χ0n) is 31.1. The van der Waals surface area contributed by atoms with Crippen LogP contribution in [0.4, 0.5) is 0 Å². The average molecular weight is 687 g/mol. The number of rotatable bonds is 31. The van der Waals surface area contributed by atoms with Crippen molar-refractivity contribution in [3.05, 3.63) is 134 Å². The van der Waals surface area contributed by atoms with Crippen LogP contribution in [0, 0.1) is 0 Å². The number of ether oxygens (including phenoxy) is 2. The maximum Gasteiger partial charge on any atom is 0.306 e. The van der Waals surface area contributed by atoms with Crippen molar-refractivity contribution in [2.45, 2.75) is 123 Å². The molecule has 0 rings (SSSR count). The molecule has 0 heterocycles. The molecule has 0 unspecified atom stereocenters. The summed E-state index contributed by atoms with van der Waals surface area (Å²) in [6.45, 7) is 3.76.